The number of amides is 1. The third-order valence-electron chi connectivity index (χ3n) is 3.47. The third kappa shape index (κ3) is 5.10. The molecule has 8 heteroatoms. The van der Waals surface area contributed by atoms with Crippen LogP contribution in [0.4, 0.5) is 0 Å². The summed E-state index contributed by atoms with van der Waals surface area (Å²) in [5, 5.41) is 2.51. The van der Waals surface area contributed by atoms with Gasteiger partial charge < -0.3 is 24.3 Å². The van der Waals surface area contributed by atoms with E-state index in [0.29, 0.717) is 17.9 Å². The zero-order valence-corrected chi connectivity index (χ0v) is 14.4. The fourth-order valence-electron chi connectivity index (χ4n) is 2.30. The molecule has 2 rings (SSSR count). The molecular formula is C17H21NO7. The van der Waals surface area contributed by atoms with Gasteiger partial charge in [0.2, 0.25) is 6.79 Å². The van der Waals surface area contributed by atoms with Gasteiger partial charge in [-0.15, -0.1) is 0 Å². The first kappa shape index (κ1) is 18.6. The Labute approximate surface area is 145 Å². The van der Waals surface area contributed by atoms with Crippen LogP contribution in [0.3, 0.4) is 0 Å². The summed E-state index contributed by atoms with van der Waals surface area (Å²) < 4.78 is 20.0. The van der Waals surface area contributed by atoms with E-state index >= 15 is 0 Å². The molecule has 0 saturated carbocycles. The average Bonchev–Trinajstić information content (AvgIpc) is 3.05. The number of methoxy groups -OCH3 is 1. The number of hydrogen-bond acceptors (Lipinski definition) is 7. The molecule has 8 nitrogen and oxygen atoms in total. The van der Waals surface area contributed by atoms with Gasteiger partial charge in [-0.05, 0) is 30.5 Å². The SMILES string of the molecule is COC(=O)[C@@H](CC(C)C)NC(=O)COC(=O)c1ccc2c(c1)OCO2. The fraction of sp³-hybridized carbons (Fsp3) is 0.471. The van der Waals surface area contributed by atoms with Crippen molar-refractivity contribution in [3.63, 3.8) is 0 Å². The zero-order valence-electron chi connectivity index (χ0n) is 14.4. The Balaban J connectivity index is 1.87. The van der Waals surface area contributed by atoms with Gasteiger partial charge in [0, 0.05) is 0 Å². The number of benzene rings is 1. The highest BCUT2D eigenvalue weighted by Gasteiger charge is 2.23. The summed E-state index contributed by atoms with van der Waals surface area (Å²) in [6.07, 6.45) is 0.425. The minimum Gasteiger partial charge on any atom is -0.467 e. The summed E-state index contributed by atoms with van der Waals surface area (Å²) in [6, 6.07) is 3.82. The van der Waals surface area contributed by atoms with Gasteiger partial charge >= 0.3 is 11.9 Å². The average molecular weight is 351 g/mol. The zero-order chi connectivity index (χ0) is 18.4. The molecule has 1 atom stereocenters. The summed E-state index contributed by atoms with van der Waals surface area (Å²) >= 11 is 0. The molecule has 25 heavy (non-hydrogen) atoms. The van der Waals surface area contributed by atoms with E-state index in [1.807, 2.05) is 13.8 Å². The van der Waals surface area contributed by atoms with Crippen LogP contribution in [-0.2, 0) is 19.1 Å². The largest absolute Gasteiger partial charge is 0.467 e. The summed E-state index contributed by atoms with van der Waals surface area (Å²) in [6.45, 7) is 3.43. The number of ether oxygens (including phenoxy) is 4. The Morgan fingerprint density at radius 2 is 1.92 bits per heavy atom. The van der Waals surface area contributed by atoms with Gasteiger partial charge in [-0.3, -0.25) is 4.79 Å². The van der Waals surface area contributed by atoms with Gasteiger partial charge in [0.25, 0.3) is 5.91 Å². The molecule has 136 valence electrons. The molecule has 1 aliphatic rings. The summed E-state index contributed by atoms with van der Waals surface area (Å²) in [4.78, 5) is 35.6. The highest BCUT2D eigenvalue weighted by molar-refractivity contribution is 5.92. The van der Waals surface area contributed by atoms with Crippen LogP contribution in [0.5, 0.6) is 11.5 Å². The van der Waals surface area contributed by atoms with Crippen molar-refractivity contribution >= 4 is 17.8 Å². The highest BCUT2D eigenvalue weighted by Crippen LogP contribution is 2.32. The Hall–Kier alpha value is -2.77. The Morgan fingerprint density at radius 3 is 2.60 bits per heavy atom. The predicted molar refractivity (Wildman–Crippen MR) is 86.2 cm³/mol. The second kappa shape index (κ2) is 8.36. The molecule has 0 saturated heterocycles. The molecule has 1 amide bonds. The van der Waals surface area contributed by atoms with Crippen molar-refractivity contribution in [2.45, 2.75) is 26.3 Å². The lowest BCUT2D eigenvalue weighted by atomic mass is 10.0. The van der Waals surface area contributed by atoms with E-state index < -0.39 is 30.5 Å². The first-order valence-electron chi connectivity index (χ1n) is 7.84. The molecule has 1 N–H and O–H groups in total. The summed E-state index contributed by atoms with van der Waals surface area (Å²) in [5.41, 5.74) is 0.240. The lowest BCUT2D eigenvalue weighted by molar-refractivity contribution is -0.145. The Kier molecular flexibility index (Phi) is 6.21. The molecule has 0 radical (unpaired) electrons. The molecule has 1 aromatic carbocycles. The number of carbonyl (C=O) groups excluding carboxylic acids is 3. The number of hydrogen-bond donors (Lipinski definition) is 1. The molecule has 0 aromatic heterocycles. The maximum Gasteiger partial charge on any atom is 0.338 e. The van der Waals surface area contributed by atoms with Gasteiger partial charge in [0.05, 0.1) is 12.7 Å². The standard InChI is InChI=1S/C17H21NO7/c1-10(2)6-12(17(21)22-3)18-15(19)8-23-16(20)11-4-5-13-14(7-11)25-9-24-13/h4-5,7,10,12H,6,8-9H2,1-3H3,(H,18,19)/t12-/m1/s1. The minimum absolute atomic E-state index is 0.0982. The van der Waals surface area contributed by atoms with E-state index in [-0.39, 0.29) is 18.3 Å². The van der Waals surface area contributed by atoms with E-state index in [0.717, 1.165) is 0 Å². The number of carbonyl (C=O) groups is 3. The number of rotatable bonds is 7. The van der Waals surface area contributed by atoms with Gasteiger partial charge in [-0.2, -0.15) is 0 Å². The van der Waals surface area contributed by atoms with E-state index in [1.54, 1.807) is 6.07 Å². The molecule has 0 aliphatic carbocycles. The molecule has 1 aromatic rings. The topological polar surface area (TPSA) is 100 Å². The van der Waals surface area contributed by atoms with Gasteiger partial charge in [0.1, 0.15) is 6.04 Å². The van der Waals surface area contributed by atoms with Crippen molar-refractivity contribution in [3.8, 4) is 11.5 Å². The second-order valence-electron chi connectivity index (χ2n) is 5.92. The maximum absolute atomic E-state index is 12.0. The lowest BCUT2D eigenvalue weighted by Crippen LogP contribution is -2.44. The van der Waals surface area contributed by atoms with Gasteiger partial charge in [0.15, 0.2) is 18.1 Å². The van der Waals surface area contributed by atoms with Crippen LogP contribution in [0.15, 0.2) is 18.2 Å². The second-order valence-corrected chi connectivity index (χ2v) is 5.92. The van der Waals surface area contributed by atoms with Crippen molar-refractivity contribution < 1.29 is 33.3 Å². The van der Waals surface area contributed by atoms with Crippen LogP contribution in [0.25, 0.3) is 0 Å². The number of fused-ring (bicyclic) bond motifs is 1. The molecule has 0 fully saturated rings. The monoisotopic (exact) mass is 351 g/mol. The highest BCUT2D eigenvalue weighted by atomic mass is 16.7. The normalized spacial score (nSPS) is 13.3. The Morgan fingerprint density at radius 1 is 1.20 bits per heavy atom. The van der Waals surface area contributed by atoms with Gasteiger partial charge in [-0.25, -0.2) is 9.59 Å². The van der Waals surface area contributed by atoms with Crippen LogP contribution in [0.2, 0.25) is 0 Å². The smallest absolute Gasteiger partial charge is 0.338 e. The summed E-state index contributed by atoms with van der Waals surface area (Å²) in [5.74, 6) is -0.618. The van der Waals surface area contributed by atoms with Crippen LogP contribution in [0.1, 0.15) is 30.6 Å². The van der Waals surface area contributed by atoms with Crippen LogP contribution in [0, 0.1) is 5.92 Å². The Bertz CT molecular complexity index is 656. The van der Waals surface area contributed by atoms with Crippen molar-refractivity contribution in [1.82, 2.24) is 5.32 Å². The molecule has 1 heterocycles. The molecular weight excluding hydrogens is 330 g/mol. The van der Waals surface area contributed by atoms with Crippen molar-refractivity contribution in [3.05, 3.63) is 23.8 Å². The van der Waals surface area contributed by atoms with Crippen molar-refractivity contribution in [1.29, 1.82) is 0 Å². The third-order valence-corrected chi connectivity index (χ3v) is 3.47. The van der Waals surface area contributed by atoms with Crippen LogP contribution >= 0.6 is 0 Å². The predicted octanol–water partition coefficient (Wildman–Crippen LogP) is 1.28. The molecule has 0 bridgehead atoms. The van der Waals surface area contributed by atoms with E-state index in [4.69, 9.17) is 14.2 Å². The molecule has 0 spiro atoms. The first-order valence-corrected chi connectivity index (χ1v) is 7.84. The van der Waals surface area contributed by atoms with Crippen LogP contribution in [-0.4, -0.2) is 44.4 Å². The molecule has 0 unspecified atom stereocenters. The maximum atomic E-state index is 12.0. The van der Waals surface area contributed by atoms with E-state index in [9.17, 15) is 14.4 Å². The van der Waals surface area contributed by atoms with Crippen molar-refractivity contribution in [2.24, 2.45) is 5.92 Å². The fourth-order valence-corrected chi connectivity index (χ4v) is 2.30. The van der Waals surface area contributed by atoms with Gasteiger partial charge in [-0.1, -0.05) is 13.8 Å². The van der Waals surface area contributed by atoms with E-state index in [2.05, 4.69) is 10.1 Å². The minimum atomic E-state index is -0.776. The lowest BCUT2D eigenvalue weighted by Gasteiger charge is -2.18. The molecule has 1 aliphatic heterocycles. The number of nitrogens with one attached hydrogen (secondary N) is 1. The summed E-state index contributed by atoms with van der Waals surface area (Å²) in [7, 11) is 1.25. The number of esters is 2. The van der Waals surface area contributed by atoms with Crippen LogP contribution < -0.4 is 14.8 Å². The first-order chi connectivity index (χ1) is 11.9. The van der Waals surface area contributed by atoms with E-state index in [1.165, 1.54) is 19.2 Å². The van der Waals surface area contributed by atoms with Crippen molar-refractivity contribution in [2.75, 3.05) is 20.5 Å². The quantitative estimate of drug-likeness (QED) is 0.739.